The Morgan fingerprint density at radius 3 is 2.84 bits per heavy atom. The molecule has 2 aromatic heterocycles. The lowest BCUT2D eigenvalue weighted by Gasteiger charge is -2.22. The second-order valence-electron chi connectivity index (χ2n) is 7.29. The Kier molecular flexibility index (Phi) is 4.17. The van der Waals surface area contributed by atoms with Gasteiger partial charge in [0.25, 0.3) is 0 Å². The fraction of sp³-hybridized carbons (Fsp3) is 0.706. The summed E-state index contributed by atoms with van der Waals surface area (Å²) < 4.78 is 27.9. The van der Waals surface area contributed by atoms with Crippen LogP contribution in [-0.4, -0.2) is 44.5 Å². The summed E-state index contributed by atoms with van der Waals surface area (Å²) in [5, 5.41) is 9.26. The van der Waals surface area contributed by atoms with E-state index in [1.165, 1.54) is 5.69 Å². The molecule has 0 aromatic carbocycles. The van der Waals surface area contributed by atoms with Crippen LogP contribution in [0.3, 0.4) is 0 Å². The Morgan fingerprint density at radius 2 is 2.12 bits per heavy atom. The third-order valence-electron chi connectivity index (χ3n) is 5.30. The van der Waals surface area contributed by atoms with Crippen molar-refractivity contribution in [2.75, 3.05) is 11.5 Å². The molecular formula is C17H25N5O2S. The summed E-state index contributed by atoms with van der Waals surface area (Å²) in [6.45, 7) is 4.29. The predicted molar refractivity (Wildman–Crippen MR) is 95.2 cm³/mol. The molecule has 7 nitrogen and oxygen atoms in total. The van der Waals surface area contributed by atoms with Gasteiger partial charge in [0.15, 0.2) is 21.5 Å². The SMILES string of the molecule is CCCc1nc(-c2cnn3c2CCCC3C)n(C2CCS(=O)(=O)C2)n1. The molecule has 0 saturated carbocycles. The Morgan fingerprint density at radius 1 is 1.28 bits per heavy atom. The number of aromatic nitrogens is 5. The molecule has 136 valence electrons. The van der Waals surface area contributed by atoms with Gasteiger partial charge < -0.3 is 0 Å². The molecule has 4 rings (SSSR count). The Balaban J connectivity index is 1.79. The molecule has 0 spiro atoms. The van der Waals surface area contributed by atoms with Crippen LogP contribution in [-0.2, 0) is 22.7 Å². The minimum Gasteiger partial charge on any atom is -0.266 e. The molecular weight excluding hydrogens is 338 g/mol. The van der Waals surface area contributed by atoms with Gasteiger partial charge in [-0.05, 0) is 39.0 Å². The first-order valence-corrected chi connectivity index (χ1v) is 11.0. The fourth-order valence-electron chi connectivity index (χ4n) is 3.99. The molecule has 0 bridgehead atoms. The second-order valence-corrected chi connectivity index (χ2v) is 9.52. The highest BCUT2D eigenvalue weighted by Crippen LogP contribution is 2.34. The van der Waals surface area contributed by atoms with Crippen LogP contribution in [0.5, 0.6) is 0 Å². The van der Waals surface area contributed by atoms with Crippen LogP contribution in [0, 0.1) is 0 Å². The predicted octanol–water partition coefficient (Wildman–Crippen LogP) is 2.35. The Hall–Kier alpha value is -1.70. The first kappa shape index (κ1) is 16.8. The van der Waals surface area contributed by atoms with Crippen molar-refractivity contribution in [1.29, 1.82) is 0 Å². The normalized spacial score (nSPS) is 25.2. The second kappa shape index (κ2) is 6.23. The summed E-state index contributed by atoms with van der Waals surface area (Å²) in [6.07, 6.45) is 7.55. The number of hydrogen-bond acceptors (Lipinski definition) is 5. The van der Waals surface area contributed by atoms with Gasteiger partial charge in [0.1, 0.15) is 0 Å². The maximum atomic E-state index is 11.9. The summed E-state index contributed by atoms with van der Waals surface area (Å²) in [5.74, 6) is 1.99. The van der Waals surface area contributed by atoms with Crippen molar-refractivity contribution in [2.24, 2.45) is 0 Å². The summed E-state index contributed by atoms with van der Waals surface area (Å²) in [6, 6.07) is 0.283. The monoisotopic (exact) mass is 363 g/mol. The van der Waals surface area contributed by atoms with Crippen LogP contribution >= 0.6 is 0 Å². The van der Waals surface area contributed by atoms with E-state index in [4.69, 9.17) is 4.98 Å². The van der Waals surface area contributed by atoms with Gasteiger partial charge >= 0.3 is 0 Å². The van der Waals surface area contributed by atoms with Gasteiger partial charge in [0, 0.05) is 18.2 Å². The Labute approximate surface area is 148 Å². The molecule has 0 aliphatic carbocycles. The molecule has 0 amide bonds. The lowest BCUT2D eigenvalue weighted by atomic mass is 10.0. The highest BCUT2D eigenvalue weighted by atomic mass is 32.2. The first-order chi connectivity index (χ1) is 12.0. The molecule has 2 aromatic rings. The van der Waals surface area contributed by atoms with E-state index >= 15 is 0 Å². The lowest BCUT2D eigenvalue weighted by molar-refractivity contribution is 0.393. The third kappa shape index (κ3) is 3.01. The zero-order chi connectivity index (χ0) is 17.6. The van der Waals surface area contributed by atoms with Crippen LogP contribution in [0.25, 0.3) is 11.4 Å². The van der Waals surface area contributed by atoms with Crippen molar-refractivity contribution < 1.29 is 8.42 Å². The van der Waals surface area contributed by atoms with Gasteiger partial charge in [-0.3, -0.25) is 4.68 Å². The van der Waals surface area contributed by atoms with Gasteiger partial charge in [-0.1, -0.05) is 6.92 Å². The van der Waals surface area contributed by atoms with Gasteiger partial charge in [-0.2, -0.15) is 10.2 Å². The topological polar surface area (TPSA) is 82.7 Å². The largest absolute Gasteiger partial charge is 0.266 e. The van der Waals surface area contributed by atoms with Crippen molar-refractivity contribution in [1.82, 2.24) is 24.5 Å². The van der Waals surface area contributed by atoms with Crippen molar-refractivity contribution in [2.45, 2.75) is 64.5 Å². The van der Waals surface area contributed by atoms with E-state index in [1.54, 1.807) is 0 Å². The quantitative estimate of drug-likeness (QED) is 0.833. The number of rotatable bonds is 4. The van der Waals surface area contributed by atoms with Gasteiger partial charge in [0.05, 0.1) is 29.3 Å². The number of sulfone groups is 1. The number of hydrogen-bond donors (Lipinski definition) is 0. The Bertz CT molecular complexity index is 883. The highest BCUT2D eigenvalue weighted by Gasteiger charge is 2.33. The standard InChI is InChI=1S/C17H25N5O2S/c1-3-5-16-19-17(22(20-16)13-8-9-25(23,24)11-13)14-10-18-21-12(2)6-4-7-15(14)21/h10,12-13H,3-9,11H2,1-2H3. The molecule has 1 fully saturated rings. The van der Waals surface area contributed by atoms with E-state index in [0.29, 0.717) is 12.5 Å². The van der Waals surface area contributed by atoms with Crippen molar-refractivity contribution in [3.05, 3.63) is 17.7 Å². The van der Waals surface area contributed by atoms with Crippen LogP contribution in [0.1, 0.15) is 63.1 Å². The molecule has 4 heterocycles. The van der Waals surface area contributed by atoms with Gasteiger partial charge in [0.2, 0.25) is 0 Å². The van der Waals surface area contributed by atoms with E-state index in [1.807, 2.05) is 10.9 Å². The maximum absolute atomic E-state index is 11.9. The first-order valence-electron chi connectivity index (χ1n) is 9.21. The number of fused-ring (bicyclic) bond motifs is 1. The molecule has 8 heteroatoms. The zero-order valence-corrected chi connectivity index (χ0v) is 15.7. The maximum Gasteiger partial charge on any atom is 0.162 e. The molecule has 0 radical (unpaired) electrons. The average Bonchev–Trinajstić information content (AvgIpc) is 3.24. The minimum absolute atomic E-state index is 0.116. The van der Waals surface area contributed by atoms with Crippen LogP contribution in [0.2, 0.25) is 0 Å². The number of nitrogens with zero attached hydrogens (tertiary/aromatic N) is 5. The van der Waals surface area contributed by atoms with Crippen LogP contribution in [0.4, 0.5) is 0 Å². The van der Waals surface area contributed by atoms with E-state index in [-0.39, 0.29) is 17.5 Å². The smallest absolute Gasteiger partial charge is 0.162 e. The summed E-state index contributed by atoms with van der Waals surface area (Å²) in [7, 11) is -2.97. The molecule has 1 saturated heterocycles. The van der Waals surface area contributed by atoms with Crippen LogP contribution in [0.15, 0.2) is 6.20 Å². The zero-order valence-electron chi connectivity index (χ0n) is 14.8. The molecule has 2 aliphatic heterocycles. The lowest BCUT2D eigenvalue weighted by Crippen LogP contribution is -2.17. The van der Waals surface area contributed by atoms with Crippen molar-refractivity contribution >= 4 is 9.84 Å². The van der Waals surface area contributed by atoms with E-state index in [0.717, 1.165) is 49.3 Å². The molecule has 2 atom stereocenters. The van der Waals surface area contributed by atoms with Gasteiger partial charge in [-0.25, -0.2) is 18.1 Å². The summed E-state index contributed by atoms with van der Waals surface area (Å²) >= 11 is 0. The van der Waals surface area contributed by atoms with Gasteiger partial charge in [-0.15, -0.1) is 0 Å². The average molecular weight is 363 g/mol. The summed E-state index contributed by atoms with van der Waals surface area (Å²) in [5.41, 5.74) is 2.22. The van der Waals surface area contributed by atoms with Crippen LogP contribution < -0.4 is 0 Å². The van der Waals surface area contributed by atoms with E-state index < -0.39 is 9.84 Å². The van der Waals surface area contributed by atoms with Crippen molar-refractivity contribution in [3.8, 4) is 11.4 Å². The number of aryl methyl sites for hydroxylation is 1. The molecule has 2 aliphatic rings. The molecule has 25 heavy (non-hydrogen) atoms. The van der Waals surface area contributed by atoms with E-state index in [9.17, 15) is 8.42 Å². The fourth-order valence-corrected chi connectivity index (χ4v) is 5.69. The molecule has 0 N–H and O–H groups in total. The highest BCUT2D eigenvalue weighted by molar-refractivity contribution is 7.91. The van der Waals surface area contributed by atoms with E-state index in [2.05, 4.69) is 28.7 Å². The molecule has 2 unspecified atom stereocenters. The summed E-state index contributed by atoms with van der Waals surface area (Å²) in [4.78, 5) is 4.77. The van der Waals surface area contributed by atoms with Crippen molar-refractivity contribution in [3.63, 3.8) is 0 Å². The third-order valence-corrected chi connectivity index (χ3v) is 7.05. The minimum atomic E-state index is -2.97.